The number of carbonyl (C=O) groups is 1. The van der Waals surface area contributed by atoms with Crippen molar-refractivity contribution in [2.75, 3.05) is 18.6 Å². The molecule has 6 nitrogen and oxygen atoms in total. The number of ether oxygens (including phenoxy) is 1. The number of thioether (sulfide) groups is 1. The van der Waals surface area contributed by atoms with Crippen LogP contribution in [-0.2, 0) is 11.2 Å². The monoisotopic (exact) mass is 422 g/mol. The lowest BCUT2D eigenvalue weighted by molar-refractivity contribution is -0.117. The number of aromatic nitrogens is 3. The Hall–Kier alpha value is -2.80. The van der Waals surface area contributed by atoms with Crippen molar-refractivity contribution in [1.82, 2.24) is 14.8 Å². The van der Waals surface area contributed by atoms with Crippen LogP contribution in [0.25, 0.3) is 11.4 Å². The first-order chi connectivity index (χ1) is 14.5. The van der Waals surface area contributed by atoms with E-state index < -0.39 is 0 Å². The minimum atomic E-state index is -0.262. The molecule has 2 aromatic carbocycles. The van der Waals surface area contributed by atoms with Gasteiger partial charge in [-0.25, -0.2) is 0 Å². The number of rotatable bonds is 6. The molecule has 0 fully saturated rings. The van der Waals surface area contributed by atoms with Gasteiger partial charge in [0.2, 0.25) is 5.91 Å². The maximum atomic E-state index is 13.2. The van der Waals surface area contributed by atoms with E-state index in [1.54, 1.807) is 7.11 Å². The lowest BCUT2D eigenvalue weighted by Gasteiger charge is -2.22. The van der Waals surface area contributed by atoms with E-state index in [1.165, 1.54) is 17.3 Å². The third-order valence-electron chi connectivity index (χ3n) is 5.31. The van der Waals surface area contributed by atoms with Crippen molar-refractivity contribution in [3.8, 4) is 17.1 Å². The standard InChI is InChI=1S/C23H26N4O2S/c1-15(2)27-21(18-9-11-19(29-4)12-10-18)24-25-23(27)30-16(3)22(28)26-14-13-17-7-5-6-8-20(17)26/h5-12,15-16H,13-14H2,1-4H3. The fourth-order valence-corrected chi connectivity index (χ4v) is 4.80. The zero-order valence-electron chi connectivity index (χ0n) is 17.7. The zero-order chi connectivity index (χ0) is 21.3. The van der Waals surface area contributed by atoms with E-state index in [0.29, 0.717) is 0 Å². The molecule has 1 aromatic heterocycles. The summed E-state index contributed by atoms with van der Waals surface area (Å²) in [6.07, 6.45) is 0.906. The van der Waals surface area contributed by atoms with Gasteiger partial charge in [-0.05, 0) is 63.1 Å². The summed E-state index contributed by atoms with van der Waals surface area (Å²) in [6, 6.07) is 16.1. The van der Waals surface area contributed by atoms with Gasteiger partial charge < -0.3 is 9.64 Å². The van der Waals surface area contributed by atoms with Crippen molar-refractivity contribution in [3.63, 3.8) is 0 Å². The van der Waals surface area contributed by atoms with Crippen LogP contribution in [0.1, 0.15) is 32.4 Å². The van der Waals surface area contributed by atoms with E-state index in [2.05, 4.69) is 34.7 Å². The Morgan fingerprint density at radius 3 is 2.50 bits per heavy atom. The summed E-state index contributed by atoms with van der Waals surface area (Å²) in [7, 11) is 1.65. The minimum absolute atomic E-state index is 0.106. The Labute approximate surface area is 181 Å². The summed E-state index contributed by atoms with van der Waals surface area (Å²) in [5.74, 6) is 1.70. The first-order valence-corrected chi connectivity index (χ1v) is 11.0. The molecule has 4 rings (SSSR count). The zero-order valence-corrected chi connectivity index (χ0v) is 18.5. The van der Waals surface area contributed by atoms with Crippen LogP contribution in [-0.4, -0.2) is 39.6 Å². The summed E-state index contributed by atoms with van der Waals surface area (Å²) < 4.78 is 7.34. The quantitative estimate of drug-likeness (QED) is 0.543. The molecule has 3 aromatic rings. The molecule has 156 valence electrons. The van der Waals surface area contributed by atoms with E-state index in [-0.39, 0.29) is 17.2 Å². The molecule has 1 aliphatic rings. The molecule has 0 saturated carbocycles. The average Bonchev–Trinajstić information content (AvgIpc) is 3.37. The molecular formula is C23H26N4O2S. The van der Waals surface area contributed by atoms with Gasteiger partial charge in [0, 0.05) is 23.8 Å². The molecule has 7 heteroatoms. The molecule has 1 unspecified atom stereocenters. The Morgan fingerprint density at radius 2 is 1.80 bits per heavy atom. The number of hydrogen-bond donors (Lipinski definition) is 0. The van der Waals surface area contributed by atoms with Gasteiger partial charge in [0.25, 0.3) is 0 Å². The highest BCUT2D eigenvalue weighted by Crippen LogP contribution is 2.34. The average molecular weight is 423 g/mol. The third kappa shape index (κ3) is 3.81. The Balaban J connectivity index is 1.57. The fourth-order valence-electron chi connectivity index (χ4n) is 3.75. The van der Waals surface area contributed by atoms with Crippen LogP contribution in [0.3, 0.4) is 0 Å². The molecule has 0 saturated heterocycles. The van der Waals surface area contributed by atoms with Crippen LogP contribution < -0.4 is 9.64 Å². The lowest BCUT2D eigenvalue weighted by Crippen LogP contribution is -2.35. The number of para-hydroxylation sites is 1. The second-order valence-corrected chi connectivity index (χ2v) is 8.94. The van der Waals surface area contributed by atoms with Crippen LogP contribution >= 0.6 is 11.8 Å². The summed E-state index contributed by atoms with van der Waals surface area (Å²) in [5.41, 5.74) is 3.23. The number of anilines is 1. The van der Waals surface area contributed by atoms with Gasteiger partial charge in [-0.3, -0.25) is 9.36 Å². The highest BCUT2D eigenvalue weighted by atomic mass is 32.2. The number of hydrogen-bond acceptors (Lipinski definition) is 5. The molecule has 0 aliphatic carbocycles. The van der Waals surface area contributed by atoms with E-state index in [9.17, 15) is 4.79 Å². The van der Waals surface area contributed by atoms with Gasteiger partial charge in [0.05, 0.1) is 12.4 Å². The molecule has 0 spiro atoms. The van der Waals surface area contributed by atoms with Crippen molar-refractivity contribution in [1.29, 1.82) is 0 Å². The minimum Gasteiger partial charge on any atom is -0.497 e. The third-order valence-corrected chi connectivity index (χ3v) is 6.36. The topological polar surface area (TPSA) is 60.3 Å². The fraction of sp³-hybridized carbons (Fsp3) is 0.348. The summed E-state index contributed by atoms with van der Waals surface area (Å²) in [5, 5.41) is 9.35. The van der Waals surface area contributed by atoms with Crippen molar-refractivity contribution in [3.05, 3.63) is 54.1 Å². The smallest absolute Gasteiger partial charge is 0.240 e. The maximum absolute atomic E-state index is 13.2. The van der Waals surface area contributed by atoms with Gasteiger partial charge >= 0.3 is 0 Å². The molecule has 1 atom stereocenters. The molecule has 1 aliphatic heterocycles. The molecule has 0 radical (unpaired) electrons. The summed E-state index contributed by atoms with van der Waals surface area (Å²) in [6.45, 7) is 6.88. The van der Waals surface area contributed by atoms with E-state index in [1.807, 2.05) is 54.3 Å². The van der Waals surface area contributed by atoms with E-state index in [4.69, 9.17) is 4.74 Å². The predicted octanol–water partition coefficient (Wildman–Crippen LogP) is 4.60. The summed E-state index contributed by atoms with van der Waals surface area (Å²) in [4.78, 5) is 15.1. The second kappa shape index (κ2) is 8.52. The van der Waals surface area contributed by atoms with Crippen LogP contribution in [0, 0.1) is 0 Å². The van der Waals surface area contributed by atoms with Crippen LogP contribution in [0.15, 0.2) is 53.7 Å². The highest BCUT2D eigenvalue weighted by Gasteiger charge is 2.30. The highest BCUT2D eigenvalue weighted by molar-refractivity contribution is 8.00. The molecular weight excluding hydrogens is 396 g/mol. The second-order valence-electron chi connectivity index (χ2n) is 7.63. The summed E-state index contributed by atoms with van der Waals surface area (Å²) >= 11 is 1.46. The molecule has 0 N–H and O–H groups in total. The van der Waals surface area contributed by atoms with Crippen molar-refractivity contribution in [2.24, 2.45) is 0 Å². The largest absolute Gasteiger partial charge is 0.497 e. The van der Waals surface area contributed by atoms with Crippen molar-refractivity contribution in [2.45, 2.75) is 43.6 Å². The normalized spacial score (nSPS) is 14.1. The first kappa shape index (κ1) is 20.5. The molecule has 0 bridgehead atoms. The first-order valence-electron chi connectivity index (χ1n) is 10.1. The Morgan fingerprint density at radius 1 is 1.07 bits per heavy atom. The van der Waals surface area contributed by atoms with Crippen LogP contribution in [0.2, 0.25) is 0 Å². The van der Waals surface area contributed by atoms with Crippen LogP contribution in [0.4, 0.5) is 5.69 Å². The van der Waals surface area contributed by atoms with Gasteiger partial charge in [-0.1, -0.05) is 30.0 Å². The van der Waals surface area contributed by atoms with E-state index >= 15 is 0 Å². The number of amides is 1. The molecule has 2 heterocycles. The van der Waals surface area contributed by atoms with Gasteiger partial charge in [-0.2, -0.15) is 0 Å². The molecule has 30 heavy (non-hydrogen) atoms. The van der Waals surface area contributed by atoms with Gasteiger partial charge in [0.15, 0.2) is 11.0 Å². The number of fused-ring (bicyclic) bond motifs is 1. The number of benzene rings is 2. The number of nitrogens with zero attached hydrogens (tertiary/aromatic N) is 4. The van der Waals surface area contributed by atoms with Crippen molar-refractivity contribution >= 4 is 23.4 Å². The predicted molar refractivity (Wildman–Crippen MR) is 120 cm³/mol. The van der Waals surface area contributed by atoms with Gasteiger partial charge in [0.1, 0.15) is 5.75 Å². The number of methoxy groups -OCH3 is 1. The van der Waals surface area contributed by atoms with Gasteiger partial charge in [-0.15, -0.1) is 10.2 Å². The maximum Gasteiger partial charge on any atom is 0.240 e. The lowest BCUT2D eigenvalue weighted by atomic mass is 10.2. The Bertz CT molecular complexity index is 1050. The SMILES string of the molecule is COc1ccc(-c2nnc(SC(C)C(=O)N3CCc4ccccc43)n2C(C)C)cc1. The van der Waals surface area contributed by atoms with Crippen molar-refractivity contribution < 1.29 is 9.53 Å². The number of carbonyl (C=O) groups excluding carboxylic acids is 1. The van der Waals surface area contributed by atoms with E-state index in [0.717, 1.165) is 40.9 Å². The van der Waals surface area contributed by atoms with Crippen LogP contribution in [0.5, 0.6) is 5.75 Å². The Kier molecular flexibility index (Phi) is 5.81. The molecule has 1 amide bonds.